The van der Waals surface area contributed by atoms with E-state index in [1.54, 1.807) is 30.3 Å². The molecule has 0 saturated carbocycles. The molecule has 8 heteroatoms. The minimum atomic E-state index is -3.92. The van der Waals surface area contributed by atoms with E-state index in [1.807, 2.05) is 44.3 Å². The normalized spacial score (nSPS) is 12.1. The Balaban J connectivity index is 1.69. The molecule has 1 heterocycles. The van der Waals surface area contributed by atoms with E-state index in [0.29, 0.717) is 16.5 Å². The maximum atomic E-state index is 12.9. The summed E-state index contributed by atoms with van der Waals surface area (Å²) in [5.74, 6) is -1.04. The van der Waals surface area contributed by atoms with Gasteiger partial charge in [-0.3, -0.25) is 0 Å². The lowest BCUT2D eigenvalue weighted by Gasteiger charge is -2.12. The number of nitrogens with one attached hydrogen (secondary N) is 1. The second kappa shape index (κ2) is 8.91. The Bertz CT molecular complexity index is 1520. The van der Waals surface area contributed by atoms with Crippen LogP contribution < -0.4 is 10.2 Å². The molecule has 0 amide bonds. The maximum Gasteiger partial charge on any atom is 0.336 e. The molecule has 0 aliphatic heterocycles. The molecule has 0 spiro atoms. The van der Waals surface area contributed by atoms with E-state index >= 15 is 0 Å². The monoisotopic (exact) mass is 461 g/mol. The Morgan fingerprint density at radius 2 is 1.67 bits per heavy atom. The molecule has 0 aliphatic rings. The Kier molecular flexibility index (Phi) is 6.02. The fourth-order valence-corrected chi connectivity index (χ4v) is 4.62. The van der Waals surface area contributed by atoms with Crippen molar-refractivity contribution in [3.05, 3.63) is 95.5 Å². The van der Waals surface area contributed by atoms with Crippen molar-refractivity contribution in [2.75, 3.05) is 0 Å². The van der Waals surface area contributed by atoms with Gasteiger partial charge < -0.3 is 9.67 Å². The number of fused-ring (bicyclic) bond motifs is 1. The van der Waals surface area contributed by atoms with Crippen molar-refractivity contribution in [1.29, 1.82) is 0 Å². The molecule has 3 aromatic carbocycles. The van der Waals surface area contributed by atoms with Crippen LogP contribution in [0.3, 0.4) is 0 Å². The number of aromatic nitrogens is 1. The molecule has 7 nitrogen and oxygen atoms in total. The van der Waals surface area contributed by atoms with Gasteiger partial charge in [0, 0.05) is 18.1 Å². The van der Waals surface area contributed by atoms with Gasteiger partial charge in [0.05, 0.1) is 21.3 Å². The van der Waals surface area contributed by atoms with Gasteiger partial charge in [0.15, 0.2) is 0 Å². The summed E-state index contributed by atoms with van der Waals surface area (Å²) in [6.45, 7) is 2.03. The number of benzene rings is 3. The van der Waals surface area contributed by atoms with E-state index in [-0.39, 0.29) is 10.5 Å². The summed E-state index contributed by atoms with van der Waals surface area (Å²) in [4.78, 5) is 13.9. The van der Waals surface area contributed by atoms with Crippen LogP contribution in [0.25, 0.3) is 22.0 Å². The Labute approximate surface area is 191 Å². The minimum Gasteiger partial charge on any atom is -0.478 e. The number of nitrogens with zero attached hydrogens (tertiary/aromatic N) is 2. The van der Waals surface area contributed by atoms with E-state index < -0.39 is 16.0 Å². The van der Waals surface area contributed by atoms with Crippen molar-refractivity contribution in [2.45, 2.75) is 18.2 Å². The topological polar surface area (TPSA) is 101 Å². The van der Waals surface area contributed by atoms with Gasteiger partial charge >= 0.3 is 5.97 Å². The first-order valence-electron chi connectivity index (χ1n) is 10.4. The molecule has 0 saturated heterocycles. The number of carbonyl (C=O) groups is 1. The smallest absolute Gasteiger partial charge is 0.336 e. The summed E-state index contributed by atoms with van der Waals surface area (Å²) in [7, 11) is -1.95. The highest BCUT2D eigenvalue weighted by Crippen LogP contribution is 2.25. The number of sulfonamides is 1. The highest BCUT2D eigenvalue weighted by Gasteiger charge is 2.15. The molecule has 4 rings (SSSR count). The highest BCUT2D eigenvalue weighted by molar-refractivity contribution is 7.89. The molecular weight excluding hydrogens is 438 g/mol. The number of aryl methyl sites for hydroxylation is 2. The number of rotatable bonds is 6. The van der Waals surface area contributed by atoms with Crippen LogP contribution in [0.2, 0.25) is 0 Å². The maximum absolute atomic E-state index is 12.9. The molecule has 0 unspecified atom stereocenters. The Morgan fingerprint density at radius 1 is 1.00 bits per heavy atom. The molecular formula is C25H23N3O4S. The van der Waals surface area contributed by atoms with Crippen LogP contribution >= 0.6 is 0 Å². The Morgan fingerprint density at radius 3 is 2.36 bits per heavy atom. The molecule has 4 aromatic rings. The zero-order valence-electron chi connectivity index (χ0n) is 18.2. The van der Waals surface area contributed by atoms with Gasteiger partial charge in [0.1, 0.15) is 0 Å². The van der Waals surface area contributed by atoms with Gasteiger partial charge in [0.2, 0.25) is 0 Å². The number of carboxylic acid groups (broad SMARTS) is 1. The number of hydrogen-bond acceptors (Lipinski definition) is 4. The van der Waals surface area contributed by atoms with Crippen molar-refractivity contribution in [3.8, 4) is 11.1 Å². The lowest BCUT2D eigenvalue weighted by atomic mass is 10.00. The van der Waals surface area contributed by atoms with E-state index in [1.165, 1.54) is 18.2 Å². The zero-order chi connectivity index (χ0) is 23.6. The average molecular weight is 462 g/mol. The lowest BCUT2D eigenvalue weighted by molar-refractivity contribution is 0.0697. The molecule has 2 N–H and O–H groups in total. The van der Waals surface area contributed by atoms with Crippen molar-refractivity contribution in [3.63, 3.8) is 0 Å². The summed E-state index contributed by atoms with van der Waals surface area (Å²) < 4.78 is 27.8. The molecule has 0 aliphatic carbocycles. The second-order valence-electron chi connectivity index (χ2n) is 7.53. The molecule has 0 atom stereocenters. The summed E-state index contributed by atoms with van der Waals surface area (Å²) in [5.41, 5.74) is 3.25. The van der Waals surface area contributed by atoms with E-state index in [2.05, 4.69) is 14.5 Å². The molecule has 168 valence electrons. The SMILES string of the molecule is CCc1cc(=NNS(=O)(=O)c2ccc(-c3ccccc3C(=O)O)cc2)c2ccccc2n1C. The van der Waals surface area contributed by atoms with E-state index in [9.17, 15) is 18.3 Å². The van der Waals surface area contributed by atoms with Crippen molar-refractivity contribution in [1.82, 2.24) is 9.40 Å². The average Bonchev–Trinajstić information content (AvgIpc) is 2.84. The van der Waals surface area contributed by atoms with Crippen LogP contribution in [0.4, 0.5) is 0 Å². The van der Waals surface area contributed by atoms with Crippen LogP contribution in [0.15, 0.2) is 88.9 Å². The molecule has 0 bridgehead atoms. The molecule has 33 heavy (non-hydrogen) atoms. The van der Waals surface area contributed by atoms with Crippen LogP contribution in [0, 0.1) is 0 Å². The molecule has 1 aromatic heterocycles. The fraction of sp³-hybridized carbons (Fsp3) is 0.120. The van der Waals surface area contributed by atoms with Gasteiger partial charge in [-0.25, -0.2) is 4.79 Å². The largest absolute Gasteiger partial charge is 0.478 e. The number of carboxylic acids is 1. The lowest BCUT2D eigenvalue weighted by Crippen LogP contribution is -2.23. The number of aromatic carboxylic acids is 1. The summed E-state index contributed by atoms with van der Waals surface area (Å²) >= 11 is 0. The van der Waals surface area contributed by atoms with Gasteiger partial charge in [-0.1, -0.05) is 55.5 Å². The highest BCUT2D eigenvalue weighted by atomic mass is 32.2. The zero-order valence-corrected chi connectivity index (χ0v) is 19.0. The summed E-state index contributed by atoms with van der Waals surface area (Å²) in [6.07, 6.45) is 0.774. The van der Waals surface area contributed by atoms with Crippen LogP contribution in [-0.4, -0.2) is 24.1 Å². The summed E-state index contributed by atoms with van der Waals surface area (Å²) in [6, 6.07) is 22.2. The quantitative estimate of drug-likeness (QED) is 0.425. The van der Waals surface area contributed by atoms with Gasteiger partial charge in [-0.15, -0.1) is 0 Å². The van der Waals surface area contributed by atoms with Crippen molar-refractivity contribution < 1.29 is 18.3 Å². The first-order chi connectivity index (χ1) is 15.8. The molecule has 0 fully saturated rings. The summed E-state index contributed by atoms with van der Waals surface area (Å²) in [5, 5.41) is 15.0. The third-order valence-electron chi connectivity index (χ3n) is 5.56. The predicted octanol–water partition coefficient (Wildman–Crippen LogP) is 3.90. The predicted molar refractivity (Wildman–Crippen MR) is 127 cm³/mol. The standard InChI is InChI=1S/C25H23N3O4S/c1-3-18-16-23(22-10-6-7-11-24(22)28(18)2)26-27-33(31,32)19-14-12-17(13-15-19)20-8-4-5-9-21(20)25(29)30/h4-16,27H,3H2,1-2H3,(H,29,30). The van der Waals surface area contributed by atoms with Crippen LogP contribution in [0.5, 0.6) is 0 Å². The first kappa shape index (κ1) is 22.3. The van der Waals surface area contributed by atoms with Gasteiger partial charge in [0.25, 0.3) is 10.0 Å². The van der Waals surface area contributed by atoms with Crippen LogP contribution in [-0.2, 0) is 23.5 Å². The van der Waals surface area contributed by atoms with Crippen molar-refractivity contribution in [2.24, 2.45) is 12.1 Å². The number of pyridine rings is 1. The minimum absolute atomic E-state index is 0.0318. The van der Waals surface area contributed by atoms with Crippen molar-refractivity contribution >= 4 is 26.9 Å². The van der Waals surface area contributed by atoms with Crippen LogP contribution in [0.1, 0.15) is 23.0 Å². The third kappa shape index (κ3) is 4.38. The fourth-order valence-electron chi connectivity index (χ4n) is 3.80. The Hall–Kier alpha value is -3.91. The number of hydrogen-bond donors (Lipinski definition) is 2. The third-order valence-corrected chi connectivity index (χ3v) is 6.78. The van der Waals surface area contributed by atoms with E-state index in [4.69, 9.17) is 0 Å². The van der Waals surface area contributed by atoms with Gasteiger partial charge in [-0.05, 0) is 47.9 Å². The first-order valence-corrected chi connectivity index (χ1v) is 11.9. The number of para-hydroxylation sites is 1. The second-order valence-corrected chi connectivity index (χ2v) is 9.19. The molecule has 0 radical (unpaired) electrons. The van der Waals surface area contributed by atoms with E-state index in [0.717, 1.165) is 23.0 Å². The van der Waals surface area contributed by atoms with Gasteiger partial charge in [-0.2, -0.15) is 18.4 Å².